The fourth-order valence-corrected chi connectivity index (χ4v) is 4.24. The normalized spacial score (nSPS) is 11.2. The van der Waals surface area contributed by atoms with Crippen molar-refractivity contribution in [2.24, 2.45) is 0 Å². The summed E-state index contributed by atoms with van der Waals surface area (Å²) < 4.78 is 5.77. The van der Waals surface area contributed by atoms with E-state index in [0.717, 1.165) is 18.1 Å². The molecule has 0 unspecified atom stereocenters. The van der Waals surface area contributed by atoms with Crippen LogP contribution in [0.2, 0.25) is 18.1 Å². The molecule has 3 heteroatoms. The minimum Gasteiger partial charge on any atom is -0.516 e. The van der Waals surface area contributed by atoms with Crippen LogP contribution in [0.3, 0.4) is 0 Å². The first-order valence-corrected chi connectivity index (χ1v) is 8.48. The lowest BCUT2D eigenvalue weighted by molar-refractivity contribution is 0.0717. The highest BCUT2D eigenvalue weighted by Gasteiger charge is 2.32. The summed E-state index contributed by atoms with van der Waals surface area (Å²) in [5.74, 6) is -0.155. The zero-order chi connectivity index (χ0) is 12.0. The van der Waals surface area contributed by atoms with E-state index in [9.17, 15) is 4.79 Å². The Morgan fingerprint density at radius 2 is 1.56 bits per heavy atom. The molecular formula is C13H20O2Si. The Labute approximate surface area is 98.8 Å². The van der Waals surface area contributed by atoms with E-state index in [0.29, 0.717) is 5.56 Å². The Bertz CT molecular complexity index is 323. The average Bonchev–Trinajstić information content (AvgIpc) is 2.37. The molecule has 0 aliphatic heterocycles. The van der Waals surface area contributed by atoms with E-state index in [4.69, 9.17) is 4.43 Å². The number of rotatable bonds is 5. The lowest BCUT2D eigenvalue weighted by Crippen LogP contribution is -2.38. The molecule has 0 amide bonds. The van der Waals surface area contributed by atoms with Gasteiger partial charge in [0, 0.05) is 0 Å². The highest BCUT2D eigenvalue weighted by molar-refractivity contribution is 6.75. The van der Waals surface area contributed by atoms with Gasteiger partial charge in [-0.3, -0.25) is 0 Å². The third-order valence-electron chi connectivity index (χ3n) is 3.25. The van der Waals surface area contributed by atoms with Gasteiger partial charge in [-0.05, 0) is 30.3 Å². The second-order valence-electron chi connectivity index (χ2n) is 4.00. The summed E-state index contributed by atoms with van der Waals surface area (Å²) in [5.41, 5.74) is 0.662. The number of carbonyl (C=O) groups excluding carboxylic acids is 1. The third kappa shape index (κ3) is 2.95. The summed E-state index contributed by atoms with van der Waals surface area (Å²) in [6.45, 7) is 6.37. The number of carbonyl (C=O) groups is 1. The highest BCUT2D eigenvalue weighted by atomic mass is 28.4. The van der Waals surface area contributed by atoms with E-state index < -0.39 is 8.32 Å². The molecule has 0 spiro atoms. The molecule has 0 saturated heterocycles. The third-order valence-corrected chi connectivity index (χ3v) is 7.74. The summed E-state index contributed by atoms with van der Waals surface area (Å²) in [5, 5.41) is 0. The molecule has 88 valence electrons. The predicted octanol–water partition coefficient (Wildman–Crippen LogP) is 3.85. The van der Waals surface area contributed by atoms with Gasteiger partial charge >= 0.3 is 5.97 Å². The Balaban J connectivity index is 2.77. The first kappa shape index (κ1) is 13.0. The summed E-state index contributed by atoms with van der Waals surface area (Å²) in [6, 6.07) is 12.2. The molecule has 0 N–H and O–H groups in total. The maximum absolute atomic E-state index is 11.9. The van der Waals surface area contributed by atoms with E-state index in [2.05, 4.69) is 20.8 Å². The molecule has 1 aromatic carbocycles. The van der Waals surface area contributed by atoms with Gasteiger partial charge in [0.2, 0.25) is 0 Å². The largest absolute Gasteiger partial charge is 0.516 e. The molecule has 0 fully saturated rings. The average molecular weight is 236 g/mol. The van der Waals surface area contributed by atoms with Crippen molar-refractivity contribution >= 4 is 14.3 Å². The quantitative estimate of drug-likeness (QED) is 0.726. The fraction of sp³-hybridized carbons (Fsp3) is 0.462. The van der Waals surface area contributed by atoms with Crippen molar-refractivity contribution < 1.29 is 9.22 Å². The predicted molar refractivity (Wildman–Crippen MR) is 69.1 cm³/mol. The van der Waals surface area contributed by atoms with Crippen LogP contribution >= 0.6 is 0 Å². The van der Waals surface area contributed by atoms with E-state index in [-0.39, 0.29) is 5.97 Å². The lowest BCUT2D eigenvalue weighted by Gasteiger charge is -2.27. The van der Waals surface area contributed by atoms with Gasteiger partial charge in [0.1, 0.15) is 0 Å². The first-order chi connectivity index (χ1) is 7.67. The molecule has 0 radical (unpaired) electrons. The number of hydrogen-bond acceptors (Lipinski definition) is 2. The van der Waals surface area contributed by atoms with Gasteiger partial charge in [0.25, 0.3) is 8.32 Å². The maximum Gasteiger partial charge on any atom is 0.324 e. The van der Waals surface area contributed by atoms with Crippen molar-refractivity contribution in [3.8, 4) is 0 Å². The van der Waals surface area contributed by atoms with E-state index in [1.54, 1.807) is 0 Å². The molecule has 2 nitrogen and oxygen atoms in total. The second-order valence-corrected chi connectivity index (χ2v) is 8.69. The van der Waals surface area contributed by atoms with Gasteiger partial charge in [-0.2, -0.15) is 0 Å². The Morgan fingerprint density at radius 3 is 2.00 bits per heavy atom. The molecule has 0 bridgehead atoms. The van der Waals surface area contributed by atoms with Gasteiger partial charge in [-0.1, -0.05) is 39.0 Å². The molecule has 0 atom stereocenters. The number of hydrogen-bond donors (Lipinski definition) is 0. The summed E-state index contributed by atoms with van der Waals surface area (Å²) in [6.07, 6.45) is 0. The zero-order valence-corrected chi connectivity index (χ0v) is 11.3. The summed E-state index contributed by atoms with van der Waals surface area (Å²) in [4.78, 5) is 11.9. The van der Waals surface area contributed by atoms with Gasteiger partial charge in [-0.15, -0.1) is 0 Å². The molecule has 0 aromatic heterocycles. The molecule has 1 rings (SSSR count). The van der Waals surface area contributed by atoms with Crippen LogP contribution in [0.4, 0.5) is 0 Å². The molecule has 0 aliphatic rings. The van der Waals surface area contributed by atoms with Crippen molar-refractivity contribution in [1.82, 2.24) is 0 Å². The van der Waals surface area contributed by atoms with E-state index in [1.165, 1.54) is 0 Å². The summed E-state index contributed by atoms with van der Waals surface area (Å²) in [7, 11) is -1.81. The van der Waals surface area contributed by atoms with E-state index >= 15 is 0 Å². The van der Waals surface area contributed by atoms with Crippen molar-refractivity contribution in [3.05, 3.63) is 35.9 Å². The number of benzene rings is 1. The molecule has 1 aromatic rings. The molecule has 0 heterocycles. The maximum atomic E-state index is 11.9. The van der Waals surface area contributed by atoms with Crippen LogP contribution in [0.5, 0.6) is 0 Å². The van der Waals surface area contributed by atoms with Crippen LogP contribution in [0.25, 0.3) is 0 Å². The van der Waals surface area contributed by atoms with Gasteiger partial charge in [0.15, 0.2) is 0 Å². The van der Waals surface area contributed by atoms with Gasteiger partial charge in [0.05, 0.1) is 5.56 Å². The van der Waals surface area contributed by atoms with Gasteiger partial charge in [-0.25, -0.2) is 4.79 Å². The minimum atomic E-state index is -1.81. The second kappa shape index (κ2) is 5.85. The van der Waals surface area contributed by atoms with Crippen molar-refractivity contribution in [2.75, 3.05) is 0 Å². The SMILES string of the molecule is CC[Si](CC)(CC)OC(=O)c1ccccc1. The Hall–Kier alpha value is -1.09. The lowest BCUT2D eigenvalue weighted by atomic mass is 10.2. The van der Waals surface area contributed by atoms with E-state index in [1.807, 2.05) is 30.3 Å². The highest BCUT2D eigenvalue weighted by Crippen LogP contribution is 2.23. The molecular weight excluding hydrogens is 216 g/mol. The standard InChI is InChI=1S/C13H20O2Si/c1-4-16(5-2,6-3)15-13(14)12-10-8-7-9-11-12/h7-11H,4-6H2,1-3H3. The first-order valence-electron chi connectivity index (χ1n) is 5.96. The van der Waals surface area contributed by atoms with Crippen molar-refractivity contribution in [2.45, 2.75) is 38.9 Å². The molecule has 0 aliphatic carbocycles. The summed E-state index contributed by atoms with van der Waals surface area (Å²) >= 11 is 0. The van der Waals surface area contributed by atoms with Crippen LogP contribution < -0.4 is 0 Å². The van der Waals surface area contributed by atoms with Crippen molar-refractivity contribution in [1.29, 1.82) is 0 Å². The smallest absolute Gasteiger partial charge is 0.324 e. The van der Waals surface area contributed by atoms with Crippen LogP contribution in [0.1, 0.15) is 31.1 Å². The van der Waals surface area contributed by atoms with Crippen molar-refractivity contribution in [3.63, 3.8) is 0 Å². The zero-order valence-electron chi connectivity index (χ0n) is 10.3. The molecule has 16 heavy (non-hydrogen) atoms. The van der Waals surface area contributed by atoms with Crippen LogP contribution in [-0.2, 0) is 4.43 Å². The van der Waals surface area contributed by atoms with Gasteiger partial charge < -0.3 is 4.43 Å². The van der Waals surface area contributed by atoms with Crippen LogP contribution in [-0.4, -0.2) is 14.3 Å². The monoisotopic (exact) mass is 236 g/mol. The molecule has 0 saturated carbocycles. The topological polar surface area (TPSA) is 26.3 Å². The fourth-order valence-electron chi connectivity index (χ4n) is 1.80. The Morgan fingerprint density at radius 1 is 1.06 bits per heavy atom. The van der Waals surface area contributed by atoms with Crippen LogP contribution in [0.15, 0.2) is 30.3 Å². The van der Waals surface area contributed by atoms with Crippen LogP contribution in [0, 0.1) is 0 Å². The minimum absolute atomic E-state index is 0.155. The Kier molecular flexibility index (Phi) is 4.74.